The number of rotatable bonds is 32. The normalized spacial score (nSPS) is 15.8. The predicted molar refractivity (Wildman–Crippen MR) is 173 cm³/mol. The number of carbonyl (C=O) groups excluding carboxylic acids is 3. The molecule has 0 saturated heterocycles. The zero-order chi connectivity index (χ0) is 33.2. The molecule has 0 rings (SSSR count). The van der Waals surface area contributed by atoms with Crippen molar-refractivity contribution in [1.29, 1.82) is 0 Å². The van der Waals surface area contributed by atoms with Crippen LogP contribution in [-0.2, 0) is 14.4 Å². The molecule has 9 heteroatoms. The summed E-state index contributed by atoms with van der Waals surface area (Å²) in [5.74, 6) is 0.148. The smallest absolute Gasteiger partial charge is 0.135 e. The SMILES string of the molecule is CCCCC[C@@H](O)CC(=O)CCCCC[C@@H](O)CC(=O)CCCCC[C@@H](O)CC(=O)CCCCC[C@@H](O)C[C@@H](O)C[C@H](C)O. The number of carbonyl (C=O) groups is 3. The van der Waals surface area contributed by atoms with Crippen LogP contribution in [0.1, 0.15) is 168 Å². The van der Waals surface area contributed by atoms with Crippen molar-refractivity contribution in [3.63, 3.8) is 0 Å². The van der Waals surface area contributed by atoms with Crippen molar-refractivity contribution in [2.24, 2.45) is 0 Å². The molecule has 0 unspecified atom stereocenters. The van der Waals surface area contributed by atoms with E-state index in [9.17, 15) is 45.0 Å². The van der Waals surface area contributed by atoms with E-state index in [0.717, 1.165) is 64.2 Å². The first kappa shape index (κ1) is 42.8. The van der Waals surface area contributed by atoms with Gasteiger partial charge in [-0.2, -0.15) is 0 Å². The fourth-order valence-electron chi connectivity index (χ4n) is 5.59. The Hall–Kier alpha value is -1.23. The van der Waals surface area contributed by atoms with Crippen LogP contribution in [0.3, 0.4) is 0 Å². The first-order chi connectivity index (χ1) is 20.9. The molecule has 0 bridgehead atoms. The standard InChI is InChI=1S/C35H66O9/c1-3-4-8-15-28(37)23-29(38)16-9-5-10-17-30(39)24-31(40)18-11-6-12-19-32(41)25-33(42)20-13-7-14-21-34(43)26-35(44)22-27(2)36/h27-28,30,32,34-37,39,41,43-44H,3-26H2,1-2H3/t27-,28+,30+,32+,34+,35-/m0/s1. The van der Waals surface area contributed by atoms with Gasteiger partial charge in [0.1, 0.15) is 17.3 Å². The van der Waals surface area contributed by atoms with Crippen LogP contribution < -0.4 is 0 Å². The van der Waals surface area contributed by atoms with Gasteiger partial charge in [0, 0.05) is 38.5 Å². The van der Waals surface area contributed by atoms with Gasteiger partial charge in [0.15, 0.2) is 0 Å². The van der Waals surface area contributed by atoms with Crippen LogP contribution in [0.5, 0.6) is 0 Å². The second kappa shape index (κ2) is 28.0. The number of aliphatic hydroxyl groups is 6. The summed E-state index contributed by atoms with van der Waals surface area (Å²) >= 11 is 0. The minimum absolute atomic E-state index is 0.0257. The summed E-state index contributed by atoms with van der Waals surface area (Å²) in [6.07, 6.45) is 10.6. The van der Waals surface area contributed by atoms with Crippen molar-refractivity contribution < 1.29 is 45.0 Å². The molecule has 6 N–H and O–H groups in total. The van der Waals surface area contributed by atoms with E-state index in [1.165, 1.54) is 0 Å². The molecular weight excluding hydrogens is 564 g/mol. The highest BCUT2D eigenvalue weighted by molar-refractivity contribution is 5.79. The number of unbranched alkanes of at least 4 members (excludes halogenated alkanes) is 8. The van der Waals surface area contributed by atoms with E-state index in [4.69, 9.17) is 0 Å². The molecule has 44 heavy (non-hydrogen) atoms. The summed E-state index contributed by atoms with van der Waals surface area (Å²) in [5.41, 5.74) is 0. The monoisotopic (exact) mass is 630 g/mol. The molecule has 0 spiro atoms. The lowest BCUT2D eigenvalue weighted by Crippen LogP contribution is -2.21. The van der Waals surface area contributed by atoms with E-state index >= 15 is 0 Å². The quantitative estimate of drug-likeness (QED) is 0.0542. The van der Waals surface area contributed by atoms with E-state index in [-0.39, 0.29) is 49.5 Å². The van der Waals surface area contributed by atoms with Crippen molar-refractivity contribution in [3.05, 3.63) is 0 Å². The highest BCUT2D eigenvalue weighted by atomic mass is 16.3. The Kier molecular flexibility index (Phi) is 27.2. The van der Waals surface area contributed by atoms with Gasteiger partial charge in [0.25, 0.3) is 0 Å². The van der Waals surface area contributed by atoms with Crippen LogP contribution in [0, 0.1) is 0 Å². The van der Waals surface area contributed by atoms with E-state index in [1.807, 2.05) is 0 Å². The third-order valence-electron chi connectivity index (χ3n) is 8.17. The van der Waals surface area contributed by atoms with Crippen molar-refractivity contribution >= 4 is 17.3 Å². The summed E-state index contributed by atoms with van der Waals surface area (Å²) in [6, 6.07) is 0. The van der Waals surface area contributed by atoms with Gasteiger partial charge < -0.3 is 30.6 Å². The predicted octanol–water partition coefficient (Wildman–Crippen LogP) is 5.26. The molecule has 0 aliphatic rings. The molecule has 0 aliphatic heterocycles. The van der Waals surface area contributed by atoms with Crippen LogP contribution in [0.15, 0.2) is 0 Å². The molecule has 0 aliphatic carbocycles. The highest BCUT2D eigenvalue weighted by Crippen LogP contribution is 2.16. The van der Waals surface area contributed by atoms with Crippen molar-refractivity contribution in [1.82, 2.24) is 0 Å². The molecule has 0 aromatic heterocycles. The molecule has 260 valence electrons. The largest absolute Gasteiger partial charge is 0.393 e. The van der Waals surface area contributed by atoms with Gasteiger partial charge in [-0.25, -0.2) is 0 Å². The van der Waals surface area contributed by atoms with Crippen molar-refractivity contribution in [3.8, 4) is 0 Å². The molecule has 0 fully saturated rings. The van der Waals surface area contributed by atoms with Gasteiger partial charge in [-0.1, -0.05) is 64.7 Å². The topological polar surface area (TPSA) is 173 Å². The van der Waals surface area contributed by atoms with Gasteiger partial charge >= 0.3 is 0 Å². The Bertz CT molecular complexity index is 727. The Morgan fingerprint density at radius 3 is 1.11 bits per heavy atom. The average Bonchev–Trinajstić information content (AvgIpc) is 2.91. The highest BCUT2D eigenvalue weighted by Gasteiger charge is 2.15. The summed E-state index contributed by atoms with van der Waals surface area (Å²) in [5, 5.41) is 59.2. The lowest BCUT2D eigenvalue weighted by atomic mass is 9.98. The third kappa shape index (κ3) is 28.3. The first-order valence-electron chi connectivity index (χ1n) is 17.6. The van der Waals surface area contributed by atoms with Gasteiger partial charge in [-0.15, -0.1) is 0 Å². The molecule has 0 saturated carbocycles. The summed E-state index contributed by atoms with van der Waals surface area (Å²) < 4.78 is 0. The molecule has 0 heterocycles. The Labute approximate surface area is 266 Å². The van der Waals surface area contributed by atoms with Gasteiger partial charge in [0.05, 0.1) is 36.6 Å². The van der Waals surface area contributed by atoms with Crippen LogP contribution in [0.2, 0.25) is 0 Å². The van der Waals surface area contributed by atoms with E-state index in [1.54, 1.807) is 6.92 Å². The van der Waals surface area contributed by atoms with Crippen molar-refractivity contribution in [2.45, 2.75) is 205 Å². The van der Waals surface area contributed by atoms with Gasteiger partial charge in [0.2, 0.25) is 0 Å². The molecule has 6 atom stereocenters. The number of hydrogen-bond acceptors (Lipinski definition) is 9. The summed E-state index contributed by atoms with van der Waals surface area (Å²) in [6.45, 7) is 3.71. The summed E-state index contributed by atoms with van der Waals surface area (Å²) in [4.78, 5) is 36.3. The van der Waals surface area contributed by atoms with Gasteiger partial charge in [-0.05, 0) is 64.7 Å². The lowest BCUT2D eigenvalue weighted by Gasteiger charge is -2.16. The molecule has 0 amide bonds. The van der Waals surface area contributed by atoms with E-state index < -0.39 is 36.6 Å². The maximum Gasteiger partial charge on any atom is 0.135 e. The zero-order valence-corrected chi connectivity index (χ0v) is 27.8. The average molecular weight is 631 g/mol. The van der Waals surface area contributed by atoms with Gasteiger partial charge in [-0.3, -0.25) is 14.4 Å². The fourth-order valence-corrected chi connectivity index (χ4v) is 5.59. The first-order valence-corrected chi connectivity index (χ1v) is 17.6. The Morgan fingerprint density at radius 2 is 0.773 bits per heavy atom. The molecular formula is C35H66O9. The van der Waals surface area contributed by atoms with Crippen LogP contribution in [0.25, 0.3) is 0 Å². The maximum atomic E-state index is 12.2. The fraction of sp³-hybridized carbons (Fsp3) is 0.914. The second-order valence-electron chi connectivity index (χ2n) is 13.1. The van der Waals surface area contributed by atoms with Crippen LogP contribution >= 0.6 is 0 Å². The zero-order valence-electron chi connectivity index (χ0n) is 27.8. The maximum absolute atomic E-state index is 12.2. The minimum Gasteiger partial charge on any atom is -0.393 e. The Balaban J connectivity index is 3.72. The molecule has 0 aromatic rings. The van der Waals surface area contributed by atoms with E-state index in [2.05, 4.69) is 6.92 Å². The second-order valence-corrected chi connectivity index (χ2v) is 13.1. The minimum atomic E-state index is -0.718. The number of aliphatic hydroxyl groups excluding tert-OH is 6. The number of ketones is 3. The van der Waals surface area contributed by atoms with Crippen LogP contribution in [-0.4, -0.2) is 84.6 Å². The van der Waals surface area contributed by atoms with Crippen LogP contribution in [0.4, 0.5) is 0 Å². The van der Waals surface area contributed by atoms with E-state index in [0.29, 0.717) is 57.8 Å². The molecule has 0 radical (unpaired) electrons. The Morgan fingerprint density at radius 1 is 0.432 bits per heavy atom. The molecule has 9 nitrogen and oxygen atoms in total. The lowest BCUT2D eigenvalue weighted by molar-refractivity contribution is -0.122. The van der Waals surface area contributed by atoms with Crippen molar-refractivity contribution in [2.75, 3.05) is 0 Å². The summed E-state index contributed by atoms with van der Waals surface area (Å²) in [7, 11) is 0. The third-order valence-corrected chi connectivity index (χ3v) is 8.17. The molecule has 0 aromatic carbocycles. The number of hydrogen-bond donors (Lipinski definition) is 6. The number of Topliss-reactive ketones (excluding diaryl/α,β-unsaturated/α-hetero) is 3.